The van der Waals surface area contributed by atoms with Crippen LogP contribution < -0.4 is 25.9 Å². The van der Waals surface area contributed by atoms with Gasteiger partial charge in [0.05, 0.1) is 44.5 Å². The van der Waals surface area contributed by atoms with Gasteiger partial charge in [0.2, 0.25) is 0 Å². The Morgan fingerprint density at radius 3 is 1.15 bits per heavy atom. The molecular weight excluding hydrogens is 1140 g/mol. The Morgan fingerprint density at radius 1 is 0.277 bits per heavy atom. The predicted octanol–water partition coefficient (Wildman–Crippen LogP) is 21.9. The maximum Gasteiger partial charge on any atom is 0.260 e. The van der Waals surface area contributed by atoms with Crippen LogP contribution in [-0.4, -0.2) is 20.4 Å². The number of para-hydroxylation sites is 4. The lowest BCUT2D eigenvalue weighted by Gasteiger charge is -2.34. The van der Waals surface area contributed by atoms with Crippen molar-refractivity contribution < 1.29 is 9.47 Å². The van der Waals surface area contributed by atoms with Crippen LogP contribution in [0.3, 0.4) is 0 Å². The molecule has 2 aliphatic heterocycles. The zero-order valence-electron chi connectivity index (χ0n) is 55.8. The molecule has 6 heteroatoms. The number of ether oxygens (including phenoxy) is 2. The van der Waals surface area contributed by atoms with Crippen LogP contribution in [0.5, 0.6) is 23.0 Å². The van der Waals surface area contributed by atoms with E-state index in [1.54, 1.807) is 0 Å². The molecule has 0 amide bonds. The Morgan fingerprint density at radius 2 is 0.670 bits per heavy atom. The van der Waals surface area contributed by atoms with Gasteiger partial charge in [0.25, 0.3) is 6.71 Å². The van der Waals surface area contributed by atoms with Gasteiger partial charge in [-0.15, -0.1) is 0 Å². The second kappa shape index (κ2) is 20.6. The van der Waals surface area contributed by atoms with Gasteiger partial charge < -0.3 is 23.2 Å². The van der Waals surface area contributed by atoms with Crippen LogP contribution in [0.2, 0.25) is 0 Å². The maximum absolute atomic E-state index is 7.60. The molecule has 0 saturated carbocycles. The van der Waals surface area contributed by atoms with Crippen LogP contribution in [0.15, 0.2) is 243 Å². The Bertz CT molecular complexity index is 5490. The lowest BCUT2D eigenvalue weighted by Crippen LogP contribution is -2.57. The summed E-state index contributed by atoms with van der Waals surface area (Å²) >= 11 is 0. The molecule has 2 aliphatic rings. The van der Waals surface area contributed by atoms with E-state index in [0.717, 1.165) is 106 Å². The van der Waals surface area contributed by atoms with Gasteiger partial charge in [-0.05, 0) is 150 Å². The van der Waals surface area contributed by atoms with Crippen LogP contribution in [0.1, 0.15) is 105 Å². The summed E-state index contributed by atoms with van der Waals surface area (Å²) in [6, 6.07) is 91.0. The van der Waals surface area contributed by atoms with Crippen molar-refractivity contribution in [1.82, 2.24) is 13.7 Å². The smallest absolute Gasteiger partial charge is 0.260 e. The molecule has 0 atom stereocenters. The van der Waals surface area contributed by atoms with Crippen molar-refractivity contribution in [2.45, 2.75) is 105 Å². The third kappa shape index (κ3) is 8.96. The fraction of sp³-hybridized carbons (Fsp3) is 0.182. The molecule has 17 rings (SSSR count). The van der Waals surface area contributed by atoms with E-state index in [-0.39, 0.29) is 28.4 Å². The molecule has 0 bridgehead atoms. The number of aromatic nitrogens is 3. The summed E-state index contributed by atoms with van der Waals surface area (Å²) < 4.78 is 22.6. The van der Waals surface area contributed by atoms with Gasteiger partial charge >= 0.3 is 0 Å². The summed E-state index contributed by atoms with van der Waals surface area (Å²) in [7, 11) is 0. The summed E-state index contributed by atoms with van der Waals surface area (Å²) in [5, 5.41) is 7.32. The molecule has 94 heavy (non-hydrogen) atoms. The molecule has 0 spiro atoms. The average Bonchev–Trinajstić information content (AvgIpc) is 1.38. The van der Waals surface area contributed by atoms with E-state index in [1.807, 2.05) is 0 Å². The van der Waals surface area contributed by atoms with Crippen molar-refractivity contribution in [3.63, 3.8) is 0 Å². The fourth-order valence-electron chi connectivity index (χ4n) is 15.5. The third-order valence-electron chi connectivity index (χ3n) is 20.4. The van der Waals surface area contributed by atoms with Crippen LogP contribution in [0, 0.1) is 0 Å². The van der Waals surface area contributed by atoms with Crippen LogP contribution in [0.4, 0.5) is 0 Å². The van der Waals surface area contributed by atoms with Gasteiger partial charge in [0, 0.05) is 60.7 Å². The highest BCUT2D eigenvalue weighted by molar-refractivity contribution is 6.98. The molecule has 458 valence electrons. The Labute approximate surface area is 551 Å². The van der Waals surface area contributed by atoms with Gasteiger partial charge in [-0.25, -0.2) is 0 Å². The second-order valence-corrected chi connectivity index (χ2v) is 30.5. The predicted molar refractivity (Wildman–Crippen MR) is 398 cm³/mol. The summed E-state index contributed by atoms with van der Waals surface area (Å²) in [4.78, 5) is 0. The van der Waals surface area contributed by atoms with Gasteiger partial charge in [0.15, 0.2) is 0 Å². The zero-order valence-corrected chi connectivity index (χ0v) is 55.8. The topological polar surface area (TPSA) is 33.2 Å². The number of nitrogens with zero attached hydrogens (tertiary/aromatic N) is 3. The van der Waals surface area contributed by atoms with Gasteiger partial charge in [0.1, 0.15) is 23.0 Å². The summed E-state index contributed by atoms with van der Waals surface area (Å²) in [6.45, 7) is 27.5. The largest absolute Gasteiger partial charge is 0.458 e. The first-order valence-corrected chi connectivity index (χ1v) is 33.4. The van der Waals surface area contributed by atoms with Gasteiger partial charge in [-0.1, -0.05) is 247 Å². The molecule has 0 radical (unpaired) electrons. The number of rotatable bonds is 6. The minimum atomic E-state index is -0.202. The highest BCUT2D eigenvalue weighted by Gasteiger charge is 2.42. The summed E-state index contributed by atoms with van der Waals surface area (Å²) in [5.74, 6) is 3.27. The second-order valence-electron chi connectivity index (χ2n) is 30.5. The Hall–Kier alpha value is -10.3. The zero-order chi connectivity index (χ0) is 64.5. The van der Waals surface area contributed by atoms with E-state index < -0.39 is 0 Å². The average molecular weight is 1220 g/mol. The lowest BCUT2D eigenvalue weighted by molar-refractivity contribution is 0.465. The number of hydrogen-bond donors (Lipinski definition) is 0. The molecule has 0 unspecified atom stereocenters. The molecular formula is C88H76BN3O2. The highest BCUT2D eigenvalue weighted by Crippen LogP contribution is 2.49. The normalized spacial score (nSPS) is 13.3. The third-order valence-corrected chi connectivity index (χ3v) is 20.4. The monoisotopic (exact) mass is 1220 g/mol. The molecule has 5 nitrogen and oxygen atoms in total. The van der Waals surface area contributed by atoms with Gasteiger partial charge in [-0.2, -0.15) is 0 Å². The minimum absolute atomic E-state index is 0.0178. The first kappa shape index (κ1) is 57.6. The van der Waals surface area contributed by atoms with E-state index in [1.165, 1.54) is 71.2 Å². The molecule has 0 N–H and O–H groups in total. The molecule has 3 aromatic heterocycles. The Kier molecular flexibility index (Phi) is 12.6. The number of benzene rings is 12. The minimum Gasteiger partial charge on any atom is -0.458 e. The van der Waals surface area contributed by atoms with Crippen molar-refractivity contribution >= 4 is 88.5 Å². The van der Waals surface area contributed by atoms with Crippen molar-refractivity contribution in [2.75, 3.05) is 0 Å². The van der Waals surface area contributed by atoms with E-state index in [0.29, 0.717) is 0 Å². The molecule has 15 aromatic rings. The van der Waals surface area contributed by atoms with E-state index in [9.17, 15) is 0 Å². The van der Waals surface area contributed by atoms with E-state index in [4.69, 9.17) is 9.47 Å². The standard InChI is InChI=1S/C88H76BN3O2/c1-85(2,3)56-36-44-76-67(49-56)68-50-57(86(4,5)6)37-45-77(68)90(76)59-38-43-71-79(52-59)94-81-48-55(60-39-35-58(87(7,8)9)51-69(60)88(10,11)12)47-80-82(81)89(71)70-42-34-54(46-78(70)93-80)62-41-40-61(53-24-14-13-15-25-53)83(91-72-30-20-16-26-63(72)64-27-17-21-31-73(64)91)84(62)92-74-32-22-18-28-65(74)66-29-19-23-33-75(66)92/h13-52H,1-12H3. The fourth-order valence-corrected chi connectivity index (χ4v) is 15.5. The van der Waals surface area contributed by atoms with Crippen molar-refractivity contribution in [2.24, 2.45) is 0 Å². The first-order valence-electron chi connectivity index (χ1n) is 33.4. The van der Waals surface area contributed by atoms with Crippen molar-refractivity contribution in [1.29, 1.82) is 0 Å². The number of fused-ring (bicyclic) bond motifs is 13. The van der Waals surface area contributed by atoms with Crippen LogP contribution in [0.25, 0.3) is 116 Å². The molecule has 12 aromatic carbocycles. The van der Waals surface area contributed by atoms with Crippen LogP contribution in [-0.2, 0) is 21.7 Å². The molecule has 0 fully saturated rings. The SMILES string of the molecule is CC(C)(C)c1ccc(-c2cc3c4c(c2)Oc2cc(-n5c6ccc(C(C)(C)C)cc6c6cc(C(C)(C)C)ccc65)ccc2B4c2ccc(-c4ccc(-c5ccccc5)c(-n5c6ccccc6c6ccccc65)c4-n4c5ccccc5c5ccccc54)cc2O3)c(C(C)(C)C)c1. The quantitative estimate of drug-likeness (QED) is 0.155. The van der Waals surface area contributed by atoms with Crippen molar-refractivity contribution in [3.05, 3.63) is 265 Å². The van der Waals surface area contributed by atoms with Gasteiger partial charge in [-0.3, -0.25) is 0 Å². The van der Waals surface area contributed by atoms with E-state index >= 15 is 0 Å². The van der Waals surface area contributed by atoms with E-state index in [2.05, 4.69) is 339 Å². The summed E-state index contributed by atoms with van der Waals surface area (Å²) in [6.07, 6.45) is 0. The first-order chi connectivity index (χ1) is 45.2. The highest BCUT2D eigenvalue weighted by atomic mass is 16.5. The number of hydrogen-bond acceptors (Lipinski definition) is 2. The lowest BCUT2D eigenvalue weighted by atomic mass is 9.34. The summed E-state index contributed by atoms with van der Waals surface area (Å²) in [5.41, 5.74) is 25.0. The molecule has 5 heterocycles. The maximum atomic E-state index is 7.60. The van der Waals surface area contributed by atoms with Crippen LogP contribution >= 0.6 is 0 Å². The molecule has 0 aliphatic carbocycles. The Balaban J connectivity index is 0.925. The van der Waals surface area contributed by atoms with Crippen molar-refractivity contribution in [3.8, 4) is 73.4 Å². The molecule has 0 saturated heterocycles.